The highest BCUT2D eigenvalue weighted by atomic mass is 16.6. The van der Waals surface area contributed by atoms with E-state index in [1.807, 2.05) is 0 Å². The molecule has 5 nitrogen and oxygen atoms in total. The van der Waals surface area contributed by atoms with Crippen LogP contribution in [0.15, 0.2) is 12.2 Å². The molecule has 0 radical (unpaired) electrons. The Morgan fingerprint density at radius 3 is 1.89 bits per heavy atom. The van der Waals surface area contributed by atoms with E-state index < -0.39 is 17.4 Å². The van der Waals surface area contributed by atoms with E-state index >= 15 is 0 Å². The Morgan fingerprint density at radius 2 is 1.56 bits per heavy atom. The van der Waals surface area contributed by atoms with E-state index in [4.69, 9.17) is 9.47 Å². The first-order valence-corrected chi connectivity index (χ1v) is 6.03. The second kappa shape index (κ2) is 8.44. The quantitative estimate of drug-likeness (QED) is 0.286. The van der Waals surface area contributed by atoms with Crippen molar-refractivity contribution in [2.45, 2.75) is 33.6 Å². The Morgan fingerprint density at radius 1 is 1.06 bits per heavy atom. The summed E-state index contributed by atoms with van der Waals surface area (Å²) in [6, 6.07) is 0. The molecule has 0 fully saturated rings. The summed E-state index contributed by atoms with van der Waals surface area (Å²) in [4.78, 5) is 34.2. The summed E-state index contributed by atoms with van der Waals surface area (Å²) in [7, 11) is 0. The van der Waals surface area contributed by atoms with Gasteiger partial charge < -0.3 is 9.47 Å². The second-order valence-corrected chi connectivity index (χ2v) is 3.64. The molecule has 5 heteroatoms. The largest absolute Gasteiger partial charge is 0.465 e. The van der Waals surface area contributed by atoms with Crippen LogP contribution in [0.4, 0.5) is 0 Å². The van der Waals surface area contributed by atoms with Gasteiger partial charge in [0.25, 0.3) is 0 Å². The van der Waals surface area contributed by atoms with Crippen molar-refractivity contribution < 1.29 is 23.9 Å². The van der Waals surface area contributed by atoms with Gasteiger partial charge in [-0.25, -0.2) is 0 Å². The summed E-state index contributed by atoms with van der Waals surface area (Å²) in [6.45, 7) is 5.44. The predicted molar refractivity (Wildman–Crippen MR) is 65.8 cm³/mol. The first kappa shape index (κ1) is 16.4. The molecule has 0 amide bonds. The lowest BCUT2D eigenvalue weighted by Gasteiger charge is -2.26. The van der Waals surface area contributed by atoms with E-state index in [2.05, 4.69) is 0 Å². The fourth-order valence-electron chi connectivity index (χ4n) is 1.55. The number of carbonyl (C=O) groups excluding carboxylic acids is 3. The molecule has 0 saturated heterocycles. The summed E-state index contributed by atoms with van der Waals surface area (Å²) in [5.41, 5.74) is -1.36. The zero-order valence-corrected chi connectivity index (χ0v) is 11.1. The van der Waals surface area contributed by atoms with Crippen LogP contribution < -0.4 is 0 Å². The molecular formula is C13H20O5. The maximum Gasteiger partial charge on any atom is 0.323 e. The van der Waals surface area contributed by atoms with Crippen molar-refractivity contribution in [1.29, 1.82) is 0 Å². The van der Waals surface area contributed by atoms with Crippen molar-refractivity contribution >= 4 is 18.2 Å². The Hall–Kier alpha value is -1.65. The number of esters is 2. The first-order valence-electron chi connectivity index (χ1n) is 6.03. The summed E-state index contributed by atoms with van der Waals surface area (Å²) in [5, 5.41) is 0. The molecule has 0 aliphatic carbocycles. The topological polar surface area (TPSA) is 69.7 Å². The highest BCUT2D eigenvalue weighted by molar-refractivity contribution is 6.00. The fourth-order valence-corrected chi connectivity index (χ4v) is 1.55. The molecule has 0 atom stereocenters. The van der Waals surface area contributed by atoms with Crippen LogP contribution in [0.2, 0.25) is 0 Å². The van der Waals surface area contributed by atoms with Crippen LogP contribution >= 0.6 is 0 Å². The SMILES string of the molecule is CCOC(=O)C(CC)(C/C=C/C=O)C(=O)OCC. The van der Waals surface area contributed by atoms with Gasteiger partial charge in [0.05, 0.1) is 13.2 Å². The highest BCUT2D eigenvalue weighted by Crippen LogP contribution is 2.31. The van der Waals surface area contributed by atoms with Crippen molar-refractivity contribution in [3.63, 3.8) is 0 Å². The zero-order valence-electron chi connectivity index (χ0n) is 11.1. The molecule has 18 heavy (non-hydrogen) atoms. The number of allylic oxidation sites excluding steroid dienone is 2. The lowest BCUT2D eigenvalue weighted by Crippen LogP contribution is -2.41. The average molecular weight is 256 g/mol. The molecule has 0 aromatic heterocycles. The smallest absolute Gasteiger partial charge is 0.323 e. The molecule has 0 aromatic carbocycles. The standard InChI is InChI=1S/C13H20O5/c1-4-13(9-7-8-10-14,11(15)17-5-2)12(16)18-6-3/h7-8,10H,4-6,9H2,1-3H3/b8-7+. The van der Waals surface area contributed by atoms with E-state index in [-0.39, 0.29) is 26.1 Å². The molecular weight excluding hydrogens is 236 g/mol. The second-order valence-electron chi connectivity index (χ2n) is 3.64. The van der Waals surface area contributed by atoms with E-state index in [1.54, 1.807) is 20.8 Å². The molecule has 0 unspecified atom stereocenters. The number of hydrogen-bond donors (Lipinski definition) is 0. The maximum atomic E-state index is 12.0. The van der Waals surface area contributed by atoms with Crippen LogP contribution in [0, 0.1) is 5.41 Å². The Bertz CT molecular complexity index is 301. The number of rotatable bonds is 8. The van der Waals surface area contributed by atoms with Gasteiger partial charge in [0.15, 0.2) is 5.41 Å². The minimum absolute atomic E-state index is 0.0971. The lowest BCUT2D eigenvalue weighted by molar-refractivity contribution is -0.172. The van der Waals surface area contributed by atoms with E-state index in [0.717, 1.165) is 0 Å². The molecule has 0 rings (SSSR count). The van der Waals surface area contributed by atoms with Crippen LogP contribution in [0.5, 0.6) is 0 Å². The Kier molecular flexibility index (Phi) is 7.67. The third-order valence-corrected chi connectivity index (χ3v) is 2.62. The molecule has 0 spiro atoms. The van der Waals surface area contributed by atoms with Crippen LogP contribution in [0.1, 0.15) is 33.6 Å². The lowest BCUT2D eigenvalue weighted by atomic mass is 9.81. The number of ether oxygens (including phenoxy) is 2. The molecule has 0 N–H and O–H groups in total. The van der Waals surface area contributed by atoms with Crippen molar-refractivity contribution in [3.8, 4) is 0 Å². The van der Waals surface area contributed by atoms with E-state index in [9.17, 15) is 14.4 Å². The minimum atomic E-state index is -1.36. The van der Waals surface area contributed by atoms with Gasteiger partial charge in [-0.05, 0) is 32.8 Å². The zero-order chi connectivity index (χ0) is 14.0. The summed E-state index contributed by atoms with van der Waals surface area (Å²) in [6.07, 6.45) is 3.68. The Balaban J connectivity index is 5.17. The molecule has 0 aromatic rings. The fraction of sp³-hybridized carbons (Fsp3) is 0.615. The van der Waals surface area contributed by atoms with E-state index in [1.165, 1.54) is 12.2 Å². The van der Waals surface area contributed by atoms with Gasteiger partial charge in [0.1, 0.15) is 6.29 Å². The minimum Gasteiger partial charge on any atom is -0.465 e. The van der Waals surface area contributed by atoms with Crippen LogP contribution in [-0.4, -0.2) is 31.4 Å². The number of carbonyl (C=O) groups is 3. The predicted octanol–water partition coefficient (Wildman–Crippen LogP) is 1.65. The van der Waals surface area contributed by atoms with Crippen LogP contribution in [0.3, 0.4) is 0 Å². The van der Waals surface area contributed by atoms with Gasteiger partial charge in [-0.1, -0.05) is 13.0 Å². The Labute approximate surface area is 107 Å². The number of hydrogen-bond acceptors (Lipinski definition) is 5. The van der Waals surface area contributed by atoms with Gasteiger partial charge in [0.2, 0.25) is 0 Å². The molecule has 0 aliphatic heterocycles. The summed E-state index contributed by atoms with van der Waals surface area (Å²) in [5.74, 6) is -1.22. The number of aldehydes is 1. The third-order valence-electron chi connectivity index (χ3n) is 2.62. The van der Waals surface area contributed by atoms with E-state index in [0.29, 0.717) is 6.29 Å². The van der Waals surface area contributed by atoms with Crippen molar-refractivity contribution in [2.24, 2.45) is 5.41 Å². The van der Waals surface area contributed by atoms with Crippen LogP contribution in [-0.2, 0) is 23.9 Å². The molecule has 0 aliphatic rings. The molecule has 0 bridgehead atoms. The molecule has 0 saturated carbocycles. The summed E-state index contributed by atoms with van der Waals surface area (Å²) < 4.78 is 9.87. The van der Waals surface area contributed by atoms with Gasteiger partial charge in [-0.15, -0.1) is 0 Å². The normalized spacial score (nSPS) is 11.3. The average Bonchev–Trinajstić information content (AvgIpc) is 2.35. The van der Waals surface area contributed by atoms with Gasteiger partial charge >= 0.3 is 11.9 Å². The maximum absolute atomic E-state index is 12.0. The van der Waals surface area contributed by atoms with Gasteiger partial charge in [-0.2, -0.15) is 0 Å². The van der Waals surface area contributed by atoms with Crippen molar-refractivity contribution in [1.82, 2.24) is 0 Å². The van der Waals surface area contributed by atoms with Crippen LogP contribution in [0.25, 0.3) is 0 Å². The monoisotopic (exact) mass is 256 g/mol. The van der Waals surface area contributed by atoms with Gasteiger partial charge in [0, 0.05) is 0 Å². The summed E-state index contributed by atoms with van der Waals surface area (Å²) >= 11 is 0. The van der Waals surface area contributed by atoms with Gasteiger partial charge in [-0.3, -0.25) is 14.4 Å². The highest BCUT2D eigenvalue weighted by Gasteiger charge is 2.46. The van der Waals surface area contributed by atoms with Crippen molar-refractivity contribution in [3.05, 3.63) is 12.2 Å². The molecule has 0 heterocycles. The first-order chi connectivity index (χ1) is 8.58. The molecule has 102 valence electrons. The van der Waals surface area contributed by atoms with Crippen molar-refractivity contribution in [2.75, 3.05) is 13.2 Å². The third kappa shape index (κ3) is 3.98.